The number of nitrogens with one attached hydrogen (secondary N) is 1. The van der Waals surface area contributed by atoms with Gasteiger partial charge in [-0.3, -0.25) is 4.79 Å². The summed E-state index contributed by atoms with van der Waals surface area (Å²) in [5.74, 6) is -0.994. The van der Waals surface area contributed by atoms with Crippen LogP contribution in [0.25, 0.3) is 0 Å². The summed E-state index contributed by atoms with van der Waals surface area (Å²) in [6.07, 6.45) is 1.32. The molecule has 0 aliphatic rings. The summed E-state index contributed by atoms with van der Waals surface area (Å²) in [6, 6.07) is 2.11. The maximum atomic E-state index is 12.1. The van der Waals surface area contributed by atoms with Crippen LogP contribution in [0.1, 0.15) is 27.7 Å². The Bertz CT molecular complexity index is 558. The lowest BCUT2D eigenvalue weighted by Gasteiger charge is -2.18. The van der Waals surface area contributed by atoms with Crippen LogP contribution in [0.5, 0.6) is 0 Å². The SMILES string of the molecule is CC(Nc1ccc(S(=O)(=O)C(C)(C)C)nc1)C(=O)O. The van der Waals surface area contributed by atoms with E-state index in [-0.39, 0.29) is 5.03 Å². The summed E-state index contributed by atoms with van der Waals surface area (Å²) in [5.41, 5.74) is 0.461. The predicted molar refractivity (Wildman–Crippen MR) is 71.9 cm³/mol. The fourth-order valence-electron chi connectivity index (χ4n) is 1.25. The topological polar surface area (TPSA) is 96.4 Å². The van der Waals surface area contributed by atoms with Crippen molar-refractivity contribution in [2.45, 2.75) is 43.5 Å². The summed E-state index contributed by atoms with van der Waals surface area (Å²) in [6.45, 7) is 6.29. The molecule has 1 aromatic heterocycles. The van der Waals surface area contributed by atoms with Crippen molar-refractivity contribution in [3.8, 4) is 0 Å². The number of anilines is 1. The first-order valence-electron chi connectivity index (χ1n) is 5.76. The van der Waals surface area contributed by atoms with Crippen LogP contribution < -0.4 is 5.32 Å². The minimum atomic E-state index is -3.49. The van der Waals surface area contributed by atoms with E-state index < -0.39 is 26.6 Å². The van der Waals surface area contributed by atoms with Crippen LogP contribution in [0.2, 0.25) is 0 Å². The smallest absolute Gasteiger partial charge is 0.325 e. The van der Waals surface area contributed by atoms with Gasteiger partial charge in [0, 0.05) is 0 Å². The van der Waals surface area contributed by atoms with Gasteiger partial charge in [0.2, 0.25) is 0 Å². The van der Waals surface area contributed by atoms with Crippen molar-refractivity contribution in [3.63, 3.8) is 0 Å². The summed E-state index contributed by atoms with van der Waals surface area (Å²) in [7, 11) is -3.49. The van der Waals surface area contributed by atoms with Gasteiger partial charge in [0.25, 0.3) is 0 Å². The first-order chi connectivity index (χ1) is 8.55. The number of nitrogens with zero attached hydrogens (tertiary/aromatic N) is 1. The van der Waals surface area contributed by atoms with Crippen molar-refractivity contribution in [1.29, 1.82) is 0 Å². The highest BCUT2D eigenvalue weighted by Crippen LogP contribution is 2.23. The fraction of sp³-hybridized carbons (Fsp3) is 0.500. The third-order valence-corrected chi connectivity index (χ3v) is 4.98. The van der Waals surface area contributed by atoms with E-state index in [0.29, 0.717) is 5.69 Å². The highest BCUT2D eigenvalue weighted by molar-refractivity contribution is 7.92. The average Bonchev–Trinajstić information content (AvgIpc) is 2.28. The van der Waals surface area contributed by atoms with Gasteiger partial charge < -0.3 is 10.4 Å². The predicted octanol–water partition coefficient (Wildman–Crippen LogP) is 1.54. The van der Waals surface area contributed by atoms with E-state index in [1.54, 1.807) is 20.8 Å². The summed E-state index contributed by atoms with van der Waals surface area (Å²) < 4.78 is 23.3. The molecule has 0 aliphatic heterocycles. The lowest BCUT2D eigenvalue weighted by Crippen LogP contribution is -2.29. The van der Waals surface area contributed by atoms with Crippen molar-refractivity contribution in [3.05, 3.63) is 18.3 Å². The number of aromatic nitrogens is 1. The maximum absolute atomic E-state index is 12.1. The van der Waals surface area contributed by atoms with Crippen molar-refractivity contribution >= 4 is 21.5 Å². The molecule has 1 heterocycles. The zero-order valence-electron chi connectivity index (χ0n) is 11.3. The number of hydrogen-bond acceptors (Lipinski definition) is 5. The molecule has 0 amide bonds. The Morgan fingerprint density at radius 2 is 1.95 bits per heavy atom. The standard InChI is InChI=1S/C12H18N2O4S/c1-8(11(15)16)14-9-5-6-10(13-7-9)19(17,18)12(2,3)4/h5-8,14H,1-4H3,(H,15,16). The molecule has 7 heteroatoms. The van der Waals surface area contributed by atoms with E-state index in [4.69, 9.17) is 5.11 Å². The molecule has 1 unspecified atom stereocenters. The summed E-state index contributed by atoms with van der Waals surface area (Å²) in [5, 5.41) is 11.4. The molecular weight excluding hydrogens is 268 g/mol. The molecule has 0 fully saturated rings. The van der Waals surface area contributed by atoms with Crippen LogP contribution in [0.15, 0.2) is 23.4 Å². The van der Waals surface area contributed by atoms with Crippen molar-refractivity contribution in [1.82, 2.24) is 4.98 Å². The van der Waals surface area contributed by atoms with Gasteiger partial charge in [0.15, 0.2) is 14.9 Å². The molecule has 0 aromatic carbocycles. The van der Waals surface area contributed by atoms with Gasteiger partial charge in [-0.1, -0.05) is 0 Å². The lowest BCUT2D eigenvalue weighted by molar-refractivity contribution is -0.137. The normalized spacial score (nSPS) is 13.9. The zero-order valence-corrected chi connectivity index (χ0v) is 12.2. The third kappa shape index (κ3) is 3.44. The molecule has 0 radical (unpaired) electrons. The number of hydrogen-bond donors (Lipinski definition) is 2. The molecule has 0 aliphatic carbocycles. The second kappa shape index (κ2) is 5.16. The Labute approximate surface area is 112 Å². The molecule has 19 heavy (non-hydrogen) atoms. The van der Waals surface area contributed by atoms with Gasteiger partial charge in [-0.25, -0.2) is 13.4 Å². The zero-order chi connectivity index (χ0) is 14.8. The third-order valence-electron chi connectivity index (χ3n) is 2.57. The monoisotopic (exact) mass is 286 g/mol. The number of sulfone groups is 1. The van der Waals surface area contributed by atoms with Gasteiger partial charge in [0.1, 0.15) is 6.04 Å². The second-order valence-electron chi connectivity index (χ2n) is 5.21. The first-order valence-corrected chi connectivity index (χ1v) is 7.24. The highest BCUT2D eigenvalue weighted by Gasteiger charge is 2.31. The van der Waals surface area contributed by atoms with E-state index in [1.165, 1.54) is 25.3 Å². The van der Waals surface area contributed by atoms with Gasteiger partial charge in [-0.2, -0.15) is 0 Å². The molecule has 0 bridgehead atoms. The maximum Gasteiger partial charge on any atom is 0.325 e. The van der Waals surface area contributed by atoms with Crippen molar-refractivity contribution < 1.29 is 18.3 Å². The Morgan fingerprint density at radius 3 is 2.32 bits per heavy atom. The fourth-order valence-corrected chi connectivity index (χ4v) is 2.32. The Hall–Kier alpha value is -1.63. The van der Waals surface area contributed by atoms with E-state index in [2.05, 4.69) is 10.3 Å². The highest BCUT2D eigenvalue weighted by atomic mass is 32.2. The van der Waals surface area contributed by atoms with E-state index in [0.717, 1.165) is 0 Å². The molecule has 1 rings (SSSR count). The number of carbonyl (C=O) groups is 1. The van der Waals surface area contributed by atoms with Crippen molar-refractivity contribution in [2.75, 3.05) is 5.32 Å². The summed E-state index contributed by atoms with van der Waals surface area (Å²) >= 11 is 0. The number of carboxylic acids is 1. The number of aliphatic carboxylic acids is 1. The lowest BCUT2D eigenvalue weighted by atomic mass is 10.3. The number of pyridine rings is 1. The Morgan fingerprint density at radius 1 is 1.37 bits per heavy atom. The minimum absolute atomic E-state index is 0.0199. The van der Waals surface area contributed by atoms with Crippen molar-refractivity contribution in [2.24, 2.45) is 0 Å². The molecule has 2 N–H and O–H groups in total. The summed E-state index contributed by atoms with van der Waals surface area (Å²) in [4.78, 5) is 14.6. The Kier molecular flexibility index (Phi) is 4.19. The molecular formula is C12H18N2O4S. The number of rotatable bonds is 4. The van der Waals surface area contributed by atoms with Gasteiger partial charge in [0.05, 0.1) is 16.6 Å². The van der Waals surface area contributed by atoms with Crippen LogP contribution in [0.3, 0.4) is 0 Å². The van der Waals surface area contributed by atoms with Gasteiger partial charge >= 0.3 is 5.97 Å². The van der Waals surface area contributed by atoms with E-state index in [9.17, 15) is 13.2 Å². The first kappa shape index (κ1) is 15.4. The average molecular weight is 286 g/mol. The van der Waals surface area contributed by atoms with E-state index >= 15 is 0 Å². The van der Waals surface area contributed by atoms with Crippen LogP contribution in [-0.4, -0.2) is 35.3 Å². The largest absolute Gasteiger partial charge is 0.480 e. The second-order valence-corrected chi connectivity index (χ2v) is 7.86. The molecule has 106 valence electrons. The molecule has 1 aromatic rings. The molecule has 0 saturated carbocycles. The van der Waals surface area contributed by atoms with Crippen LogP contribution >= 0.6 is 0 Å². The minimum Gasteiger partial charge on any atom is -0.480 e. The van der Waals surface area contributed by atoms with Crippen LogP contribution in [0.4, 0.5) is 5.69 Å². The van der Waals surface area contributed by atoms with E-state index in [1.807, 2.05) is 0 Å². The van der Waals surface area contributed by atoms with Crippen LogP contribution in [0, 0.1) is 0 Å². The molecule has 0 saturated heterocycles. The van der Waals surface area contributed by atoms with Gasteiger partial charge in [-0.15, -0.1) is 0 Å². The van der Waals surface area contributed by atoms with Gasteiger partial charge in [-0.05, 0) is 39.8 Å². The number of carboxylic acid groups (broad SMARTS) is 1. The molecule has 0 spiro atoms. The van der Waals surface area contributed by atoms with Crippen LogP contribution in [-0.2, 0) is 14.6 Å². The molecule has 1 atom stereocenters. The molecule has 6 nitrogen and oxygen atoms in total. The Balaban J connectivity index is 2.98. The quantitative estimate of drug-likeness (QED) is 0.871.